The average Bonchev–Trinajstić information content (AvgIpc) is 3.18. The molecule has 0 amide bonds. The second kappa shape index (κ2) is 7.98. The maximum absolute atomic E-state index is 12.4. The number of hydrogen-bond acceptors (Lipinski definition) is 6. The Morgan fingerprint density at radius 1 is 1.08 bits per heavy atom. The minimum absolute atomic E-state index is 0.00690. The Kier molecular flexibility index (Phi) is 5.28. The number of anilines is 1. The lowest BCUT2D eigenvalue weighted by Crippen LogP contribution is -2.10. The molecule has 0 spiro atoms. The normalized spacial score (nSPS) is 10.3. The third-order valence-corrected chi connectivity index (χ3v) is 3.70. The van der Waals surface area contributed by atoms with Crippen LogP contribution in [0.15, 0.2) is 71.3 Å². The highest BCUT2D eigenvalue weighted by Gasteiger charge is 2.13. The third kappa shape index (κ3) is 4.27. The van der Waals surface area contributed by atoms with E-state index in [-0.39, 0.29) is 12.3 Å². The molecular formula is C19H16N2O5. The zero-order valence-corrected chi connectivity index (χ0v) is 13.8. The van der Waals surface area contributed by atoms with Crippen molar-refractivity contribution in [2.45, 2.75) is 13.2 Å². The topological polar surface area (TPSA) is 94.6 Å². The number of carbonyl (C=O) groups excluding carboxylic acids is 1. The smallest absolute Gasteiger partial charge is 0.340 e. The molecule has 3 aromatic rings. The van der Waals surface area contributed by atoms with E-state index in [1.165, 1.54) is 12.1 Å². The zero-order valence-electron chi connectivity index (χ0n) is 13.8. The van der Waals surface area contributed by atoms with Crippen molar-refractivity contribution in [3.63, 3.8) is 0 Å². The van der Waals surface area contributed by atoms with Gasteiger partial charge >= 0.3 is 5.97 Å². The molecule has 2 aromatic carbocycles. The SMILES string of the molecule is O=C(OCc1ccc([N+](=O)[O-])cc1)c1ccccc1NCc1ccco1. The molecule has 0 aliphatic heterocycles. The number of rotatable bonds is 7. The number of para-hydroxylation sites is 1. The fraction of sp³-hybridized carbons (Fsp3) is 0.105. The Morgan fingerprint density at radius 2 is 1.85 bits per heavy atom. The van der Waals surface area contributed by atoms with Crippen LogP contribution >= 0.6 is 0 Å². The molecule has 0 saturated heterocycles. The fourth-order valence-electron chi connectivity index (χ4n) is 2.35. The molecule has 0 saturated carbocycles. The lowest BCUT2D eigenvalue weighted by molar-refractivity contribution is -0.384. The second-order valence-electron chi connectivity index (χ2n) is 5.48. The Balaban J connectivity index is 1.63. The summed E-state index contributed by atoms with van der Waals surface area (Å²) in [6.07, 6.45) is 1.58. The molecule has 0 bridgehead atoms. The van der Waals surface area contributed by atoms with Crippen LogP contribution in [0.4, 0.5) is 11.4 Å². The molecule has 1 aromatic heterocycles. The van der Waals surface area contributed by atoms with Crippen molar-refractivity contribution in [3.05, 3.63) is 93.9 Å². The number of non-ortho nitro benzene ring substituents is 1. The first-order chi connectivity index (χ1) is 12.6. The summed E-state index contributed by atoms with van der Waals surface area (Å²) in [6.45, 7) is 0.475. The second-order valence-corrected chi connectivity index (χ2v) is 5.48. The minimum Gasteiger partial charge on any atom is -0.467 e. The van der Waals surface area contributed by atoms with E-state index < -0.39 is 10.9 Å². The summed E-state index contributed by atoms with van der Waals surface area (Å²) in [4.78, 5) is 22.6. The molecule has 0 radical (unpaired) electrons. The molecule has 1 heterocycles. The highest BCUT2D eigenvalue weighted by Crippen LogP contribution is 2.19. The number of carbonyl (C=O) groups is 1. The van der Waals surface area contributed by atoms with Gasteiger partial charge in [-0.05, 0) is 42.0 Å². The molecular weight excluding hydrogens is 336 g/mol. The number of esters is 1. The molecule has 132 valence electrons. The van der Waals surface area contributed by atoms with Crippen LogP contribution in [0.3, 0.4) is 0 Å². The van der Waals surface area contributed by atoms with Crippen molar-refractivity contribution in [3.8, 4) is 0 Å². The van der Waals surface area contributed by atoms with Gasteiger partial charge in [0.15, 0.2) is 0 Å². The van der Waals surface area contributed by atoms with Gasteiger partial charge < -0.3 is 14.5 Å². The molecule has 1 N–H and O–H groups in total. The zero-order chi connectivity index (χ0) is 18.4. The van der Waals surface area contributed by atoms with Crippen molar-refractivity contribution in [2.75, 3.05) is 5.32 Å². The number of furan rings is 1. The number of nitro groups is 1. The monoisotopic (exact) mass is 352 g/mol. The van der Waals surface area contributed by atoms with E-state index in [9.17, 15) is 14.9 Å². The predicted octanol–water partition coefficient (Wildman–Crippen LogP) is 4.16. The van der Waals surface area contributed by atoms with E-state index in [0.717, 1.165) is 5.76 Å². The summed E-state index contributed by atoms with van der Waals surface area (Å²) in [7, 11) is 0. The molecule has 7 nitrogen and oxygen atoms in total. The maximum Gasteiger partial charge on any atom is 0.340 e. The summed E-state index contributed by atoms with van der Waals surface area (Å²) in [5.41, 5.74) is 1.70. The van der Waals surface area contributed by atoms with Crippen molar-refractivity contribution >= 4 is 17.3 Å². The summed E-state index contributed by atoms with van der Waals surface area (Å²) >= 11 is 0. The van der Waals surface area contributed by atoms with Gasteiger partial charge in [-0.2, -0.15) is 0 Å². The minimum atomic E-state index is -0.481. The Morgan fingerprint density at radius 3 is 2.54 bits per heavy atom. The van der Waals surface area contributed by atoms with Crippen molar-refractivity contribution in [1.29, 1.82) is 0 Å². The largest absolute Gasteiger partial charge is 0.467 e. The van der Waals surface area contributed by atoms with E-state index in [2.05, 4.69) is 5.32 Å². The van der Waals surface area contributed by atoms with E-state index >= 15 is 0 Å². The van der Waals surface area contributed by atoms with Gasteiger partial charge in [-0.3, -0.25) is 10.1 Å². The number of nitrogens with zero attached hydrogens (tertiary/aromatic N) is 1. The van der Waals surface area contributed by atoms with Gasteiger partial charge in [0, 0.05) is 17.8 Å². The van der Waals surface area contributed by atoms with E-state index in [4.69, 9.17) is 9.15 Å². The van der Waals surface area contributed by atoms with Crippen LogP contribution in [-0.2, 0) is 17.9 Å². The van der Waals surface area contributed by atoms with E-state index in [0.29, 0.717) is 23.4 Å². The van der Waals surface area contributed by atoms with Crippen molar-refractivity contribution < 1.29 is 18.9 Å². The third-order valence-electron chi connectivity index (χ3n) is 3.70. The van der Waals surface area contributed by atoms with E-state index in [1.807, 2.05) is 12.1 Å². The molecule has 3 rings (SSSR count). The number of nitro benzene ring substituents is 1. The summed E-state index contributed by atoms with van der Waals surface area (Å²) in [5.74, 6) is 0.268. The predicted molar refractivity (Wildman–Crippen MR) is 94.7 cm³/mol. The van der Waals surface area contributed by atoms with Gasteiger partial charge in [0.05, 0.1) is 23.3 Å². The molecule has 0 atom stereocenters. The van der Waals surface area contributed by atoms with Crippen LogP contribution in [0.2, 0.25) is 0 Å². The fourth-order valence-corrected chi connectivity index (χ4v) is 2.35. The first kappa shape index (κ1) is 17.2. The molecule has 0 aliphatic rings. The first-order valence-corrected chi connectivity index (χ1v) is 7.89. The molecule has 26 heavy (non-hydrogen) atoms. The molecule has 0 aliphatic carbocycles. The van der Waals surface area contributed by atoms with Crippen LogP contribution in [0.25, 0.3) is 0 Å². The van der Waals surface area contributed by atoms with Crippen LogP contribution in [0.5, 0.6) is 0 Å². The average molecular weight is 352 g/mol. The summed E-state index contributed by atoms with van der Waals surface area (Å²) < 4.78 is 10.6. The Bertz CT molecular complexity index is 889. The van der Waals surface area contributed by atoms with Gasteiger partial charge in [-0.25, -0.2) is 4.79 Å². The van der Waals surface area contributed by atoms with Crippen LogP contribution in [0, 0.1) is 10.1 Å². The lowest BCUT2D eigenvalue weighted by Gasteiger charge is -2.11. The first-order valence-electron chi connectivity index (χ1n) is 7.89. The van der Waals surface area contributed by atoms with Gasteiger partial charge in [-0.1, -0.05) is 12.1 Å². The van der Waals surface area contributed by atoms with Crippen molar-refractivity contribution in [2.24, 2.45) is 0 Å². The number of benzene rings is 2. The van der Waals surface area contributed by atoms with Crippen LogP contribution in [0.1, 0.15) is 21.7 Å². The molecule has 0 fully saturated rings. The quantitative estimate of drug-likeness (QED) is 0.390. The highest BCUT2D eigenvalue weighted by molar-refractivity contribution is 5.95. The Labute approximate surface area is 149 Å². The van der Waals surface area contributed by atoms with Gasteiger partial charge in [0.1, 0.15) is 12.4 Å². The van der Waals surface area contributed by atoms with Crippen molar-refractivity contribution in [1.82, 2.24) is 0 Å². The van der Waals surface area contributed by atoms with Gasteiger partial charge in [-0.15, -0.1) is 0 Å². The van der Waals surface area contributed by atoms with Gasteiger partial charge in [0.25, 0.3) is 5.69 Å². The number of hydrogen-bond donors (Lipinski definition) is 1. The maximum atomic E-state index is 12.4. The van der Waals surface area contributed by atoms with Crippen LogP contribution in [-0.4, -0.2) is 10.9 Å². The summed E-state index contributed by atoms with van der Waals surface area (Å²) in [6, 6.07) is 16.5. The lowest BCUT2D eigenvalue weighted by atomic mass is 10.1. The number of nitrogens with one attached hydrogen (secondary N) is 1. The van der Waals surface area contributed by atoms with E-state index in [1.54, 1.807) is 42.7 Å². The molecule has 7 heteroatoms. The van der Waals surface area contributed by atoms with Gasteiger partial charge in [0.2, 0.25) is 0 Å². The standard InChI is InChI=1S/C19H16N2O5/c22-19(26-13-14-7-9-15(10-8-14)21(23)24)17-5-1-2-6-18(17)20-12-16-4-3-11-25-16/h1-11,20H,12-13H2. The summed E-state index contributed by atoms with van der Waals surface area (Å²) in [5, 5.41) is 13.8. The molecule has 0 unspecified atom stereocenters. The van der Waals surface area contributed by atoms with Crippen LogP contribution < -0.4 is 5.32 Å². The highest BCUT2D eigenvalue weighted by atomic mass is 16.6. The Hall–Kier alpha value is -3.61. The number of ether oxygens (including phenoxy) is 1.